The van der Waals surface area contributed by atoms with Crippen LogP contribution in [0.25, 0.3) is 0 Å². The van der Waals surface area contributed by atoms with Crippen molar-refractivity contribution in [2.24, 2.45) is 5.73 Å². The lowest BCUT2D eigenvalue weighted by molar-refractivity contribution is -0.121. The van der Waals surface area contributed by atoms with Crippen LogP contribution in [0.1, 0.15) is 32.6 Å². The number of ether oxygens (including phenoxy) is 2. The molecule has 0 saturated heterocycles. The van der Waals surface area contributed by atoms with Crippen LogP contribution in [0.5, 0.6) is 0 Å². The summed E-state index contributed by atoms with van der Waals surface area (Å²) in [5.41, 5.74) is 5.68. The van der Waals surface area contributed by atoms with Crippen molar-refractivity contribution in [2.75, 3.05) is 33.5 Å². The van der Waals surface area contributed by atoms with Crippen molar-refractivity contribution in [3.63, 3.8) is 0 Å². The van der Waals surface area contributed by atoms with E-state index in [0.29, 0.717) is 32.8 Å². The Hall–Kier alpha value is -0.650. The Labute approximate surface area is 104 Å². The van der Waals surface area contributed by atoms with E-state index in [1.165, 1.54) is 0 Å². The summed E-state index contributed by atoms with van der Waals surface area (Å²) < 4.78 is 10.2. The molecule has 17 heavy (non-hydrogen) atoms. The highest BCUT2D eigenvalue weighted by Gasteiger charge is 2.06. The normalized spacial score (nSPS) is 12.4. The molecule has 0 aromatic heterocycles. The van der Waals surface area contributed by atoms with Gasteiger partial charge in [0.25, 0.3) is 0 Å². The number of amides is 1. The average molecular weight is 246 g/mol. The van der Waals surface area contributed by atoms with E-state index in [1.807, 2.05) is 6.92 Å². The van der Waals surface area contributed by atoms with Gasteiger partial charge in [0.2, 0.25) is 5.91 Å². The number of unbranched alkanes of at least 4 members (excludes halogenated alkanes) is 1. The fraction of sp³-hybridized carbons (Fsp3) is 0.917. The Morgan fingerprint density at radius 2 is 2.06 bits per heavy atom. The molecule has 0 aliphatic heterocycles. The third kappa shape index (κ3) is 11.6. The summed E-state index contributed by atoms with van der Waals surface area (Å²) in [6.07, 6.45) is 3.13. The molecule has 1 amide bonds. The topological polar surface area (TPSA) is 73.6 Å². The van der Waals surface area contributed by atoms with Crippen LogP contribution in [0.15, 0.2) is 0 Å². The molecule has 5 heteroatoms. The largest absolute Gasteiger partial charge is 0.382 e. The molecule has 0 heterocycles. The zero-order valence-electron chi connectivity index (χ0n) is 11.0. The molecule has 3 N–H and O–H groups in total. The van der Waals surface area contributed by atoms with Crippen molar-refractivity contribution in [3.8, 4) is 0 Å². The summed E-state index contributed by atoms with van der Waals surface area (Å²) in [6.45, 7) is 4.66. The highest BCUT2D eigenvalue weighted by atomic mass is 16.5. The van der Waals surface area contributed by atoms with E-state index < -0.39 is 0 Å². The summed E-state index contributed by atoms with van der Waals surface area (Å²) in [4.78, 5) is 11.3. The first-order valence-electron chi connectivity index (χ1n) is 6.29. The zero-order chi connectivity index (χ0) is 12.9. The number of rotatable bonds is 11. The quantitative estimate of drug-likeness (QED) is 0.526. The second kappa shape index (κ2) is 11.8. The molecule has 0 bridgehead atoms. The van der Waals surface area contributed by atoms with Gasteiger partial charge < -0.3 is 20.5 Å². The van der Waals surface area contributed by atoms with Gasteiger partial charge in [-0.05, 0) is 19.3 Å². The first-order chi connectivity index (χ1) is 8.20. The Morgan fingerprint density at radius 3 is 2.71 bits per heavy atom. The number of methoxy groups -OCH3 is 1. The maximum absolute atomic E-state index is 11.3. The molecule has 0 radical (unpaired) electrons. The number of nitrogens with two attached hydrogens (primary N) is 1. The summed E-state index contributed by atoms with van der Waals surface area (Å²) in [5.74, 6) is 0.0413. The molecule has 0 saturated carbocycles. The predicted octanol–water partition coefficient (Wildman–Crippen LogP) is 0.673. The molecule has 0 rings (SSSR count). The van der Waals surface area contributed by atoms with Crippen LogP contribution in [-0.4, -0.2) is 45.4 Å². The maximum Gasteiger partial charge on any atom is 0.221 e. The molecule has 102 valence electrons. The van der Waals surface area contributed by atoms with Crippen LogP contribution < -0.4 is 11.1 Å². The zero-order valence-corrected chi connectivity index (χ0v) is 11.0. The fourth-order valence-electron chi connectivity index (χ4n) is 1.26. The molecule has 0 spiro atoms. The van der Waals surface area contributed by atoms with Gasteiger partial charge in [0.15, 0.2) is 0 Å². The SMILES string of the molecule is CCC(N)CC(=O)NCCCCOCCOC. The van der Waals surface area contributed by atoms with E-state index in [0.717, 1.165) is 19.3 Å². The number of carbonyl (C=O) groups excluding carboxylic acids is 1. The average Bonchev–Trinajstić information content (AvgIpc) is 2.32. The summed E-state index contributed by atoms with van der Waals surface area (Å²) in [5, 5.41) is 2.85. The van der Waals surface area contributed by atoms with Gasteiger partial charge in [-0.2, -0.15) is 0 Å². The minimum absolute atomic E-state index is 0.0209. The molecule has 0 aliphatic rings. The van der Waals surface area contributed by atoms with Crippen molar-refractivity contribution in [1.82, 2.24) is 5.32 Å². The van der Waals surface area contributed by atoms with Gasteiger partial charge in [0.1, 0.15) is 0 Å². The first kappa shape index (κ1) is 16.4. The Bertz CT molecular complexity index is 189. The van der Waals surface area contributed by atoms with Crippen molar-refractivity contribution in [2.45, 2.75) is 38.6 Å². The number of hydrogen-bond acceptors (Lipinski definition) is 4. The molecule has 0 fully saturated rings. The smallest absolute Gasteiger partial charge is 0.221 e. The van der Waals surface area contributed by atoms with E-state index in [4.69, 9.17) is 15.2 Å². The maximum atomic E-state index is 11.3. The Balaban J connectivity index is 3.19. The minimum atomic E-state index is -0.0209. The van der Waals surface area contributed by atoms with E-state index in [1.54, 1.807) is 7.11 Å². The third-order valence-electron chi connectivity index (χ3n) is 2.44. The number of hydrogen-bond donors (Lipinski definition) is 2. The van der Waals surface area contributed by atoms with Gasteiger partial charge in [-0.25, -0.2) is 0 Å². The van der Waals surface area contributed by atoms with E-state index >= 15 is 0 Å². The van der Waals surface area contributed by atoms with Crippen LogP contribution in [0, 0.1) is 0 Å². The second-order valence-corrected chi connectivity index (χ2v) is 4.03. The molecule has 0 aromatic carbocycles. The molecule has 0 aromatic rings. The van der Waals surface area contributed by atoms with Gasteiger partial charge in [0, 0.05) is 32.7 Å². The van der Waals surface area contributed by atoms with Crippen LogP contribution in [0.2, 0.25) is 0 Å². The molecular weight excluding hydrogens is 220 g/mol. The fourth-order valence-corrected chi connectivity index (χ4v) is 1.26. The predicted molar refractivity (Wildman–Crippen MR) is 67.8 cm³/mol. The second-order valence-electron chi connectivity index (χ2n) is 4.03. The lowest BCUT2D eigenvalue weighted by Crippen LogP contribution is -2.31. The highest BCUT2D eigenvalue weighted by molar-refractivity contribution is 5.76. The third-order valence-corrected chi connectivity index (χ3v) is 2.44. The standard InChI is InChI=1S/C12H26N2O3/c1-3-11(13)10-12(15)14-6-4-5-7-17-9-8-16-2/h11H,3-10,13H2,1-2H3,(H,14,15). The van der Waals surface area contributed by atoms with Crippen molar-refractivity contribution in [1.29, 1.82) is 0 Å². The van der Waals surface area contributed by atoms with Gasteiger partial charge in [0.05, 0.1) is 13.2 Å². The van der Waals surface area contributed by atoms with Crippen LogP contribution >= 0.6 is 0 Å². The van der Waals surface area contributed by atoms with Gasteiger partial charge in [-0.3, -0.25) is 4.79 Å². The van der Waals surface area contributed by atoms with Crippen molar-refractivity contribution in [3.05, 3.63) is 0 Å². The minimum Gasteiger partial charge on any atom is -0.382 e. The molecule has 5 nitrogen and oxygen atoms in total. The Morgan fingerprint density at radius 1 is 1.29 bits per heavy atom. The molecule has 0 aliphatic carbocycles. The lowest BCUT2D eigenvalue weighted by atomic mass is 10.1. The molecule has 1 atom stereocenters. The van der Waals surface area contributed by atoms with Gasteiger partial charge in [-0.1, -0.05) is 6.92 Å². The van der Waals surface area contributed by atoms with Gasteiger partial charge >= 0.3 is 0 Å². The monoisotopic (exact) mass is 246 g/mol. The Kier molecular flexibility index (Phi) is 11.4. The summed E-state index contributed by atoms with van der Waals surface area (Å²) >= 11 is 0. The number of nitrogens with one attached hydrogen (secondary N) is 1. The van der Waals surface area contributed by atoms with Crippen molar-refractivity contribution < 1.29 is 14.3 Å². The number of carbonyl (C=O) groups is 1. The van der Waals surface area contributed by atoms with Crippen LogP contribution in [0.3, 0.4) is 0 Å². The van der Waals surface area contributed by atoms with E-state index in [2.05, 4.69) is 5.32 Å². The molecule has 1 unspecified atom stereocenters. The molecular formula is C12H26N2O3. The first-order valence-corrected chi connectivity index (χ1v) is 6.29. The lowest BCUT2D eigenvalue weighted by Gasteiger charge is -2.09. The summed E-state index contributed by atoms with van der Waals surface area (Å²) in [6, 6.07) is -0.0209. The van der Waals surface area contributed by atoms with Crippen molar-refractivity contribution >= 4 is 5.91 Å². The highest BCUT2D eigenvalue weighted by Crippen LogP contribution is 1.94. The van der Waals surface area contributed by atoms with E-state index in [-0.39, 0.29) is 11.9 Å². The van der Waals surface area contributed by atoms with Crippen LogP contribution in [0.4, 0.5) is 0 Å². The van der Waals surface area contributed by atoms with Gasteiger partial charge in [-0.15, -0.1) is 0 Å². The summed E-state index contributed by atoms with van der Waals surface area (Å²) in [7, 11) is 1.65. The van der Waals surface area contributed by atoms with E-state index in [9.17, 15) is 4.79 Å². The van der Waals surface area contributed by atoms with Crippen LogP contribution in [-0.2, 0) is 14.3 Å².